The summed E-state index contributed by atoms with van der Waals surface area (Å²) in [5.41, 5.74) is 3.08. The van der Waals surface area contributed by atoms with Gasteiger partial charge in [0, 0.05) is 34.9 Å². The monoisotopic (exact) mass is 397 g/mol. The van der Waals surface area contributed by atoms with E-state index in [1.54, 1.807) is 0 Å². The van der Waals surface area contributed by atoms with Crippen LogP contribution in [0.5, 0.6) is 5.75 Å². The number of aliphatic imine (C=N–C) groups is 1. The van der Waals surface area contributed by atoms with Crippen molar-refractivity contribution in [2.75, 3.05) is 13.2 Å². The number of para-hydroxylation sites is 1. The normalized spacial score (nSPS) is 21.5. The molecule has 0 amide bonds. The molecular formula is C24H31NO4. The third-order valence-electron chi connectivity index (χ3n) is 5.63. The summed E-state index contributed by atoms with van der Waals surface area (Å²) >= 11 is 0. The van der Waals surface area contributed by atoms with Crippen molar-refractivity contribution in [1.29, 1.82) is 0 Å². The van der Waals surface area contributed by atoms with Crippen LogP contribution in [0.2, 0.25) is 0 Å². The molecule has 2 aliphatic rings. The average molecular weight is 398 g/mol. The van der Waals surface area contributed by atoms with E-state index in [1.165, 1.54) is 0 Å². The molecule has 1 aliphatic carbocycles. The van der Waals surface area contributed by atoms with E-state index in [-0.39, 0.29) is 11.8 Å². The first-order valence-electron chi connectivity index (χ1n) is 10.8. The smallest absolute Gasteiger partial charge is 0.315 e. The van der Waals surface area contributed by atoms with E-state index in [4.69, 9.17) is 9.47 Å². The van der Waals surface area contributed by atoms with Crippen molar-refractivity contribution in [1.82, 2.24) is 0 Å². The summed E-state index contributed by atoms with van der Waals surface area (Å²) < 4.78 is 11.5. The van der Waals surface area contributed by atoms with Crippen LogP contribution in [0.15, 0.2) is 40.5 Å². The molecule has 0 saturated carbocycles. The largest absolute Gasteiger partial charge is 0.494 e. The van der Waals surface area contributed by atoms with Gasteiger partial charge in [0.15, 0.2) is 5.78 Å². The molecule has 0 bridgehead atoms. The zero-order valence-electron chi connectivity index (χ0n) is 17.7. The number of nitrogens with zero attached hydrogens (tertiary/aromatic N) is 1. The molecule has 0 saturated heterocycles. The summed E-state index contributed by atoms with van der Waals surface area (Å²) in [6.45, 7) is 6.83. The Morgan fingerprint density at radius 1 is 1.17 bits per heavy atom. The fraction of sp³-hybridized carbons (Fsp3) is 0.542. The van der Waals surface area contributed by atoms with Gasteiger partial charge in [-0.05, 0) is 39.2 Å². The van der Waals surface area contributed by atoms with Crippen LogP contribution in [0.1, 0.15) is 70.8 Å². The molecule has 2 atom stereocenters. The first-order valence-corrected chi connectivity index (χ1v) is 10.8. The summed E-state index contributed by atoms with van der Waals surface area (Å²) in [4.78, 5) is 30.8. The maximum Gasteiger partial charge on any atom is 0.315 e. The van der Waals surface area contributed by atoms with Gasteiger partial charge in [0.2, 0.25) is 0 Å². The van der Waals surface area contributed by atoms with Gasteiger partial charge in [0.05, 0.1) is 13.2 Å². The molecule has 0 N–H and O–H groups in total. The van der Waals surface area contributed by atoms with Gasteiger partial charge in [-0.15, -0.1) is 0 Å². The second-order valence-electron chi connectivity index (χ2n) is 7.69. The van der Waals surface area contributed by atoms with Crippen molar-refractivity contribution in [3.05, 3.63) is 41.1 Å². The molecule has 29 heavy (non-hydrogen) atoms. The van der Waals surface area contributed by atoms with Crippen molar-refractivity contribution in [2.24, 2.45) is 10.9 Å². The van der Waals surface area contributed by atoms with Crippen LogP contribution in [0.4, 0.5) is 0 Å². The van der Waals surface area contributed by atoms with Crippen LogP contribution < -0.4 is 4.74 Å². The van der Waals surface area contributed by atoms with Crippen molar-refractivity contribution in [3.63, 3.8) is 0 Å². The molecule has 0 spiro atoms. The highest BCUT2D eigenvalue weighted by molar-refractivity contribution is 6.09. The Hall–Kier alpha value is -2.43. The number of ketones is 1. The van der Waals surface area contributed by atoms with E-state index in [9.17, 15) is 9.59 Å². The van der Waals surface area contributed by atoms with E-state index in [0.29, 0.717) is 31.0 Å². The van der Waals surface area contributed by atoms with Crippen molar-refractivity contribution < 1.29 is 19.1 Å². The molecule has 1 aliphatic heterocycles. The van der Waals surface area contributed by atoms with Gasteiger partial charge in [-0.25, -0.2) is 0 Å². The number of hydrogen-bond donors (Lipinski definition) is 0. The maximum absolute atomic E-state index is 13.1. The first kappa shape index (κ1) is 21.3. The van der Waals surface area contributed by atoms with Gasteiger partial charge in [-0.1, -0.05) is 38.0 Å². The lowest BCUT2D eigenvalue weighted by Crippen LogP contribution is -2.37. The highest BCUT2D eigenvalue weighted by atomic mass is 16.5. The Morgan fingerprint density at radius 2 is 1.97 bits per heavy atom. The van der Waals surface area contributed by atoms with Gasteiger partial charge in [0.1, 0.15) is 11.7 Å². The molecule has 0 fully saturated rings. The molecule has 5 nitrogen and oxygen atoms in total. The molecule has 0 radical (unpaired) electrons. The Morgan fingerprint density at radius 3 is 2.72 bits per heavy atom. The zero-order chi connectivity index (χ0) is 20.8. The second kappa shape index (κ2) is 9.86. The number of benzene rings is 1. The van der Waals surface area contributed by atoms with Crippen LogP contribution >= 0.6 is 0 Å². The summed E-state index contributed by atoms with van der Waals surface area (Å²) in [5.74, 6) is -0.509. The minimum atomic E-state index is -0.598. The summed E-state index contributed by atoms with van der Waals surface area (Å²) in [7, 11) is 0. The number of carbonyl (C=O) groups is 2. The van der Waals surface area contributed by atoms with E-state index in [1.807, 2.05) is 38.1 Å². The number of Topliss-reactive ketones (excluding diaryl/α,β-unsaturated/α-hetero) is 1. The first-order chi connectivity index (χ1) is 14.1. The number of rotatable bonds is 8. The number of esters is 1. The van der Waals surface area contributed by atoms with E-state index in [0.717, 1.165) is 49.1 Å². The molecule has 1 heterocycles. The minimum Gasteiger partial charge on any atom is -0.494 e. The molecule has 3 rings (SSSR count). The van der Waals surface area contributed by atoms with Gasteiger partial charge in [-0.3, -0.25) is 14.6 Å². The summed E-state index contributed by atoms with van der Waals surface area (Å²) in [6.07, 6.45) is 5.01. The van der Waals surface area contributed by atoms with Crippen LogP contribution in [-0.2, 0) is 14.3 Å². The standard InChI is InChI=1S/C24H31NO4/c1-4-6-9-15-29-24(27)21-16(3)25-18-12-10-13-19(26)23(18)22(21)17-11-7-8-14-20(17)28-5-2/h7-8,11,14,21-22H,4-6,9-10,12-13,15H2,1-3H3/t21?,22-/m1/s1. The van der Waals surface area contributed by atoms with Gasteiger partial charge in [-0.2, -0.15) is 0 Å². The Labute approximate surface area is 173 Å². The van der Waals surface area contributed by atoms with Gasteiger partial charge < -0.3 is 9.47 Å². The van der Waals surface area contributed by atoms with Crippen molar-refractivity contribution >= 4 is 17.5 Å². The SMILES string of the molecule is CCCCCOC(=O)C1C(C)=NC2=C(C(=O)CCC2)[C@@H]1c1ccccc1OCC. The predicted molar refractivity (Wildman–Crippen MR) is 113 cm³/mol. The number of ether oxygens (including phenoxy) is 2. The quantitative estimate of drug-likeness (QED) is 0.457. The third kappa shape index (κ3) is 4.60. The lowest BCUT2D eigenvalue weighted by molar-refractivity contribution is -0.146. The summed E-state index contributed by atoms with van der Waals surface area (Å²) in [5, 5.41) is 0. The Balaban J connectivity index is 2.02. The maximum atomic E-state index is 13.1. The van der Waals surface area contributed by atoms with Crippen LogP contribution in [0.25, 0.3) is 0 Å². The fourth-order valence-corrected chi connectivity index (χ4v) is 4.29. The molecular weight excluding hydrogens is 366 g/mol. The lowest BCUT2D eigenvalue weighted by atomic mass is 9.71. The van der Waals surface area contributed by atoms with E-state index < -0.39 is 11.8 Å². The summed E-state index contributed by atoms with van der Waals surface area (Å²) in [6, 6.07) is 7.69. The zero-order valence-corrected chi connectivity index (χ0v) is 17.7. The fourth-order valence-electron chi connectivity index (χ4n) is 4.29. The van der Waals surface area contributed by atoms with Gasteiger partial charge >= 0.3 is 5.97 Å². The molecule has 1 aromatic rings. The average Bonchev–Trinajstić information content (AvgIpc) is 2.71. The Kier molecular flexibility index (Phi) is 7.24. The van der Waals surface area contributed by atoms with Crippen LogP contribution in [-0.4, -0.2) is 30.7 Å². The van der Waals surface area contributed by atoms with Crippen molar-refractivity contribution in [2.45, 2.75) is 65.2 Å². The Bertz CT molecular complexity index is 824. The minimum absolute atomic E-state index is 0.0857. The van der Waals surface area contributed by atoms with E-state index in [2.05, 4.69) is 11.9 Å². The number of hydrogen-bond acceptors (Lipinski definition) is 5. The predicted octanol–water partition coefficient (Wildman–Crippen LogP) is 5.00. The van der Waals surface area contributed by atoms with Crippen LogP contribution in [0.3, 0.4) is 0 Å². The van der Waals surface area contributed by atoms with Crippen LogP contribution in [0, 0.1) is 5.92 Å². The van der Waals surface area contributed by atoms with E-state index >= 15 is 0 Å². The highest BCUT2D eigenvalue weighted by Crippen LogP contribution is 2.46. The molecule has 156 valence electrons. The van der Waals surface area contributed by atoms with Gasteiger partial charge in [0.25, 0.3) is 0 Å². The topological polar surface area (TPSA) is 65.0 Å². The molecule has 0 aromatic heterocycles. The molecule has 5 heteroatoms. The second-order valence-corrected chi connectivity index (χ2v) is 7.69. The van der Waals surface area contributed by atoms with Crippen molar-refractivity contribution in [3.8, 4) is 5.75 Å². The number of unbranched alkanes of at least 4 members (excludes halogenated alkanes) is 2. The third-order valence-corrected chi connectivity index (χ3v) is 5.63. The number of carbonyl (C=O) groups excluding carboxylic acids is 2. The molecule has 1 aromatic carbocycles. The number of allylic oxidation sites excluding steroid dienone is 2. The highest BCUT2D eigenvalue weighted by Gasteiger charge is 2.44. The lowest BCUT2D eigenvalue weighted by Gasteiger charge is -2.35. The molecule has 1 unspecified atom stereocenters.